The van der Waals surface area contributed by atoms with E-state index in [0.29, 0.717) is 70.7 Å². The number of rotatable bonds is 13. The first kappa shape index (κ1) is 33.9. The summed E-state index contributed by atoms with van der Waals surface area (Å²) in [6, 6.07) is 19.9. The van der Waals surface area contributed by atoms with Crippen molar-refractivity contribution < 1.29 is 19.1 Å². The molecule has 2 atom stereocenters. The van der Waals surface area contributed by atoms with Gasteiger partial charge in [0, 0.05) is 65.2 Å². The van der Waals surface area contributed by atoms with Gasteiger partial charge < -0.3 is 20.1 Å². The van der Waals surface area contributed by atoms with E-state index in [9.17, 15) is 9.59 Å². The predicted octanol–water partition coefficient (Wildman–Crippen LogP) is 7.86. The van der Waals surface area contributed by atoms with Gasteiger partial charge in [0.1, 0.15) is 5.78 Å². The highest BCUT2D eigenvalue weighted by atomic mass is 35.5. The molecule has 0 bridgehead atoms. The van der Waals surface area contributed by atoms with Crippen molar-refractivity contribution in [3.8, 4) is 45.4 Å². The summed E-state index contributed by atoms with van der Waals surface area (Å²) in [6.07, 6.45) is 6.46. The number of methoxy groups -OCH3 is 2. The number of ketones is 1. The Hall–Kier alpha value is -3.98. The van der Waals surface area contributed by atoms with Gasteiger partial charge in [-0.2, -0.15) is 0 Å². The molecule has 2 aromatic carbocycles. The van der Waals surface area contributed by atoms with Gasteiger partial charge in [0.25, 0.3) is 0 Å². The summed E-state index contributed by atoms with van der Waals surface area (Å²) in [5, 5.41) is 7.56. The molecule has 4 aromatic rings. The molecule has 1 saturated carbocycles. The van der Waals surface area contributed by atoms with Crippen molar-refractivity contribution in [2.24, 2.45) is 5.92 Å². The Kier molecular flexibility index (Phi) is 10.9. The molecule has 1 amide bonds. The van der Waals surface area contributed by atoms with Crippen LogP contribution in [0.4, 0.5) is 0 Å². The monoisotopic (exact) mass is 686 g/mol. The minimum atomic E-state index is 0.140. The molecule has 3 heterocycles. The number of aryl methyl sites for hydroxylation is 1. The van der Waals surface area contributed by atoms with Gasteiger partial charge in [-0.3, -0.25) is 9.59 Å². The van der Waals surface area contributed by atoms with Crippen LogP contribution in [0, 0.1) is 5.92 Å². The number of benzene rings is 2. The van der Waals surface area contributed by atoms with Crippen LogP contribution in [0.5, 0.6) is 11.8 Å². The van der Waals surface area contributed by atoms with Crippen LogP contribution < -0.4 is 20.1 Å². The number of aromatic nitrogens is 2. The first-order valence-electron chi connectivity index (χ1n) is 16.5. The molecular formula is C38H40Cl2N4O4. The van der Waals surface area contributed by atoms with Gasteiger partial charge in [0.05, 0.1) is 35.7 Å². The first-order valence-corrected chi connectivity index (χ1v) is 17.3. The van der Waals surface area contributed by atoms with Crippen molar-refractivity contribution in [1.82, 2.24) is 20.6 Å². The number of ether oxygens (including phenoxy) is 2. The molecule has 1 aliphatic carbocycles. The maximum atomic E-state index is 11.6. The Labute approximate surface area is 291 Å². The highest BCUT2D eigenvalue weighted by Gasteiger charge is 2.23. The lowest BCUT2D eigenvalue weighted by Gasteiger charge is -2.16. The number of amides is 1. The Morgan fingerprint density at radius 2 is 1.40 bits per heavy atom. The van der Waals surface area contributed by atoms with E-state index in [-0.39, 0.29) is 11.9 Å². The van der Waals surface area contributed by atoms with Crippen molar-refractivity contribution in [1.29, 1.82) is 0 Å². The number of Topliss-reactive ketones (excluding diaryl/α,β-unsaturated/α-hetero) is 1. The molecule has 2 aromatic heterocycles. The molecule has 2 aliphatic rings. The zero-order chi connectivity index (χ0) is 33.6. The summed E-state index contributed by atoms with van der Waals surface area (Å²) in [7, 11) is 3.24. The van der Waals surface area contributed by atoms with Gasteiger partial charge in [-0.1, -0.05) is 71.7 Å². The van der Waals surface area contributed by atoms with E-state index < -0.39 is 0 Å². The fourth-order valence-corrected chi connectivity index (χ4v) is 7.35. The third-order valence-electron chi connectivity index (χ3n) is 9.28. The molecule has 0 radical (unpaired) electrons. The Balaban J connectivity index is 1.20. The Morgan fingerprint density at radius 1 is 0.792 bits per heavy atom. The van der Waals surface area contributed by atoms with Crippen molar-refractivity contribution in [2.75, 3.05) is 20.8 Å². The van der Waals surface area contributed by atoms with E-state index in [0.717, 1.165) is 72.0 Å². The van der Waals surface area contributed by atoms with E-state index in [2.05, 4.69) is 10.6 Å². The smallest absolute Gasteiger partial charge is 0.220 e. The van der Waals surface area contributed by atoms with Crippen molar-refractivity contribution in [3.05, 3.63) is 81.8 Å². The second kappa shape index (κ2) is 15.5. The van der Waals surface area contributed by atoms with Gasteiger partial charge in [-0.15, -0.1) is 0 Å². The molecule has 250 valence electrons. The SMILES string of the molecule is COc1nc(-c2cccc(-c3cccc(-c4ccc(CNC[C@@H]5CCC(=O)C5)c(OC)n4)c3Cl)c2Cl)ccc1CCC[C@@H]1CCC(=O)N1. The first-order chi connectivity index (χ1) is 23.3. The fraction of sp³-hybridized carbons (Fsp3) is 0.368. The maximum Gasteiger partial charge on any atom is 0.220 e. The molecule has 2 fully saturated rings. The van der Waals surface area contributed by atoms with Gasteiger partial charge in [-0.25, -0.2) is 9.97 Å². The van der Waals surface area contributed by atoms with Crippen molar-refractivity contribution >= 4 is 34.9 Å². The normalized spacial score (nSPS) is 17.5. The number of nitrogens with one attached hydrogen (secondary N) is 2. The summed E-state index contributed by atoms with van der Waals surface area (Å²) in [5.74, 6) is 1.97. The highest BCUT2D eigenvalue weighted by molar-refractivity contribution is 6.39. The molecule has 1 aliphatic heterocycles. The second-order valence-electron chi connectivity index (χ2n) is 12.5. The van der Waals surface area contributed by atoms with Gasteiger partial charge in [0.2, 0.25) is 17.7 Å². The minimum absolute atomic E-state index is 0.140. The molecule has 6 rings (SSSR count). The standard InChI is InChI=1S/C38H40Cl2N4O4/c1-47-37-24(6-3-7-26-15-19-34(46)42-26)13-17-32(43-37)30-10-4-8-28(35(30)39)29-9-5-11-31(36(29)40)33-18-14-25(38(44-33)48-2)22-41-21-23-12-16-27(45)20-23/h4-5,8-11,13-14,17-18,23,26,41H,3,6-7,12,15-16,19-22H2,1-2H3,(H,42,46)/t23-,26-/m1/s1. The van der Waals surface area contributed by atoms with Crippen LogP contribution in [0.3, 0.4) is 0 Å². The Bertz CT molecular complexity index is 1680. The quantitative estimate of drug-likeness (QED) is 0.148. The number of carbonyl (C=O) groups is 2. The molecule has 10 heteroatoms. The fourth-order valence-electron chi connectivity index (χ4n) is 6.70. The molecule has 1 saturated heterocycles. The van der Waals surface area contributed by atoms with Crippen molar-refractivity contribution in [3.63, 3.8) is 0 Å². The second-order valence-corrected chi connectivity index (χ2v) is 13.3. The molecule has 0 unspecified atom stereocenters. The highest BCUT2D eigenvalue weighted by Crippen LogP contribution is 2.42. The summed E-state index contributed by atoms with van der Waals surface area (Å²) >= 11 is 14.2. The van der Waals surface area contributed by atoms with E-state index in [1.807, 2.05) is 60.7 Å². The zero-order valence-corrected chi connectivity index (χ0v) is 28.8. The van der Waals surface area contributed by atoms with Gasteiger partial charge in [-0.05, 0) is 56.7 Å². The molecule has 0 spiro atoms. The number of hydrogen-bond acceptors (Lipinski definition) is 7. The minimum Gasteiger partial charge on any atom is -0.481 e. The summed E-state index contributed by atoms with van der Waals surface area (Å²) in [6.45, 7) is 1.39. The predicted molar refractivity (Wildman–Crippen MR) is 190 cm³/mol. The third kappa shape index (κ3) is 7.67. The van der Waals surface area contributed by atoms with Crippen LogP contribution in [-0.2, 0) is 22.6 Å². The summed E-state index contributed by atoms with van der Waals surface area (Å²) < 4.78 is 11.3. The average molecular weight is 688 g/mol. The van der Waals surface area contributed by atoms with E-state index in [4.69, 9.17) is 42.6 Å². The molecular weight excluding hydrogens is 647 g/mol. The Morgan fingerprint density at radius 3 is 1.96 bits per heavy atom. The maximum absolute atomic E-state index is 11.6. The molecule has 8 nitrogen and oxygen atoms in total. The van der Waals surface area contributed by atoms with Crippen LogP contribution >= 0.6 is 23.2 Å². The molecule has 48 heavy (non-hydrogen) atoms. The van der Waals surface area contributed by atoms with Crippen LogP contribution in [-0.4, -0.2) is 48.5 Å². The molecule has 2 N–H and O–H groups in total. The van der Waals surface area contributed by atoms with E-state index in [1.165, 1.54) is 0 Å². The zero-order valence-electron chi connectivity index (χ0n) is 27.3. The third-order valence-corrected chi connectivity index (χ3v) is 10.1. The lowest BCUT2D eigenvalue weighted by atomic mass is 9.97. The number of carbonyl (C=O) groups excluding carboxylic acids is 2. The van der Waals surface area contributed by atoms with E-state index in [1.54, 1.807) is 14.2 Å². The summed E-state index contributed by atoms with van der Waals surface area (Å²) in [4.78, 5) is 32.8. The van der Waals surface area contributed by atoms with Gasteiger partial charge in [0.15, 0.2) is 0 Å². The van der Waals surface area contributed by atoms with Crippen LogP contribution in [0.2, 0.25) is 10.0 Å². The number of halogens is 2. The topological polar surface area (TPSA) is 102 Å². The van der Waals surface area contributed by atoms with Crippen molar-refractivity contribution in [2.45, 2.75) is 64.0 Å². The average Bonchev–Trinajstić information content (AvgIpc) is 3.72. The van der Waals surface area contributed by atoms with Crippen LogP contribution in [0.1, 0.15) is 56.1 Å². The van der Waals surface area contributed by atoms with Crippen LogP contribution in [0.15, 0.2) is 60.7 Å². The van der Waals surface area contributed by atoms with Crippen LogP contribution in [0.25, 0.3) is 33.6 Å². The lowest BCUT2D eigenvalue weighted by Crippen LogP contribution is -2.25. The van der Waals surface area contributed by atoms with E-state index >= 15 is 0 Å². The largest absolute Gasteiger partial charge is 0.481 e. The number of nitrogens with zero attached hydrogens (tertiary/aromatic N) is 2. The lowest BCUT2D eigenvalue weighted by molar-refractivity contribution is -0.119. The summed E-state index contributed by atoms with van der Waals surface area (Å²) in [5.41, 5.74) is 6.44. The number of hydrogen-bond donors (Lipinski definition) is 2. The van der Waals surface area contributed by atoms with Gasteiger partial charge >= 0.3 is 0 Å². The number of pyridine rings is 2.